The first-order valence-corrected chi connectivity index (χ1v) is 7.28. The minimum Gasteiger partial charge on any atom is -0.481 e. The second-order valence-electron chi connectivity index (χ2n) is 5.70. The van der Waals surface area contributed by atoms with E-state index in [4.69, 9.17) is 5.11 Å². The van der Waals surface area contributed by atoms with Gasteiger partial charge in [-0.2, -0.15) is 0 Å². The summed E-state index contributed by atoms with van der Waals surface area (Å²) >= 11 is 0. The van der Waals surface area contributed by atoms with Crippen molar-refractivity contribution in [3.05, 3.63) is 35.4 Å². The number of carbonyl (C=O) groups is 2. The number of hydrogen-bond acceptors (Lipinski definition) is 2. The van der Waals surface area contributed by atoms with Crippen LogP contribution < -0.4 is 0 Å². The molecule has 1 aromatic carbocycles. The molecule has 5 heteroatoms. The summed E-state index contributed by atoms with van der Waals surface area (Å²) in [5.41, 5.74) is 2.48. The third-order valence-electron chi connectivity index (χ3n) is 3.92. The summed E-state index contributed by atoms with van der Waals surface area (Å²) in [6.45, 7) is 3.15. The highest BCUT2D eigenvalue weighted by molar-refractivity contribution is 5.76. The highest BCUT2D eigenvalue weighted by atomic mass is 16.4. The molecule has 0 saturated heterocycles. The second kappa shape index (κ2) is 6.61. The quantitative estimate of drug-likeness (QED) is 0.928. The molecule has 0 fully saturated rings. The number of carbonyl (C=O) groups excluding carboxylic acids is 1. The number of carboxylic acids is 1. The lowest BCUT2D eigenvalue weighted by Gasteiger charge is -2.28. The molecule has 1 atom stereocenters. The van der Waals surface area contributed by atoms with Crippen LogP contribution in [0.2, 0.25) is 0 Å². The molecule has 2 rings (SSSR count). The van der Waals surface area contributed by atoms with Gasteiger partial charge in [0.25, 0.3) is 0 Å². The summed E-state index contributed by atoms with van der Waals surface area (Å²) < 4.78 is 0. The van der Waals surface area contributed by atoms with E-state index >= 15 is 0 Å². The summed E-state index contributed by atoms with van der Waals surface area (Å²) in [5, 5.41) is 8.95. The predicted molar refractivity (Wildman–Crippen MR) is 80.0 cm³/mol. The van der Waals surface area contributed by atoms with E-state index < -0.39 is 11.9 Å². The first-order valence-electron chi connectivity index (χ1n) is 7.28. The van der Waals surface area contributed by atoms with Gasteiger partial charge in [-0.25, -0.2) is 4.79 Å². The van der Waals surface area contributed by atoms with Gasteiger partial charge >= 0.3 is 12.0 Å². The van der Waals surface area contributed by atoms with Crippen molar-refractivity contribution in [1.82, 2.24) is 9.80 Å². The number of amides is 2. The molecule has 2 amide bonds. The lowest BCUT2D eigenvalue weighted by atomic mass is 10.0. The normalized spacial score (nSPS) is 15.8. The lowest BCUT2D eigenvalue weighted by Crippen LogP contribution is -2.43. The number of benzene rings is 1. The summed E-state index contributed by atoms with van der Waals surface area (Å²) in [6, 6.07) is 8.08. The maximum absolute atomic E-state index is 12.5. The topological polar surface area (TPSA) is 60.9 Å². The number of urea groups is 1. The number of carboxylic acid groups (broad SMARTS) is 1. The maximum atomic E-state index is 12.5. The SMILES string of the molecule is CC(CN(C)C(=O)N1CCCc2ccccc2C1)C(=O)O. The van der Waals surface area contributed by atoms with Crippen LogP contribution in [0.15, 0.2) is 24.3 Å². The Morgan fingerprint density at radius 2 is 2.00 bits per heavy atom. The molecular formula is C16H22N2O3. The van der Waals surface area contributed by atoms with E-state index in [1.165, 1.54) is 16.0 Å². The Kier molecular flexibility index (Phi) is 4.83. The smallest absolute Gasteiger partial charge is 0.320 e. The van der Waals surface area contributed by atoms with Crippen molar-refractivity contribution in [3.8, 4) is 0 Å². The van der Waals surface area contributed by atoms with Crippen LogP contribution in [-0.2, 0) is 17.8 Å². The average molecular weight is 290 g/mol. The predicted octanol–water partition coefficient (Wildman–Crippen LogP) is 2.21. The zero-order valence-corrected chi connectivity index (χ0v) is 12.6. The van der Waals surface area contributed by atoms with E-state index in [1.54, 1.807) is 18.9 Å². The van der Waals surface area contributed by atoms with Crippen LogP contribution in [0.1, 0.15) is 24.5 Å². The average Bonchev–Trinajstić information content (AvgIpc) is 2.68. The van der Waals surface area contributed by atoms with Gasteiger partial charge in [0.05, 0.1) is 5.92 Å². The van der Waals surface area contributed by atoms with Gasteiger partial charge in [-0.3, -0.25) is 4.79 Å². The number of aryl methyl sites for hydroxylation is 1. The maximum Gasteiger partial charge on any atom is 0.320 e. The zero-order valence-electron chi connectivity index (χ0n) is 12.6. The molecule has 1 aromatic rings. The fourth-order valence-corrected chi connectivity index (χ4v) is 2.67. The van der Waals surface area contributed by atoms with Crippen LogP contribution in [0.25, 0.3) is 0 Å². The molecule has 5 nitrogen and oxygen atoms in total. The highest BCUT2D eigenvalue weighted by Gasteiger charge is 2.24. The second-order valence-corrected chi connectivity index (χ2v) is 5.70. The fourth-order valence-electron chi connectivity index (χ4n) is 2.67. The largest absolute Gasteiger partial charge is 0.481 e. The van der Waals surface area contributed by atoms with Crippen LogP contribution in [0, 0.1) is 5.92 Å². The molecule has 0 aromatic heterocycles. The van der Waals surface area contributed by atoms with Crippen molar-refractivity contribution in [2.75, 3.05) is 20.1 Å². The van der Waals surface area contributed by atoms with E-state index in [-0.39, 0.29) is 12.6 Å². The van der Waals surface area contributed by atoms with Crippen LogP contribution in [0.4, 0.5) is 4.79 Å². The fraction of sp³-hybridized carbons (Fsp3) is 0.500. The number of fused-ring (bicyclic) bond motifs is 1. The number of nitrogens with zero attached hydrogens (tertiary/aromatic N) is 2. The van der Waals surface area contributed by atoms with E-state index in [1.807, 2.05) is 12.1 Å². The molecule has 1 unspecified atom stereocenters. The highest BCUT2D eigenvalue weighted by Crippen LogP contribution is 2.19. The summed E-state index contributed by atoms with van der Waals surface area (Å²) in [4.78, 5) is 26.7. The lowest BCUT2D eigenvalue weighted by molar-refractivity contribution is -0.141. The zero-order chi connectivity index (χ0) is 15.4. The molecule has 1 aliphatic heterocycles. The molecule has 0 aliphatic carbocycles. The Labute approximate surface area is 125 Å². The van der Waals surface area contributed by atoms with Crippen molar-refractivity contribution >= 4 is 12.0 Å². The molecule has 21 heavy (non-hydrogen) atoms. The van der Waals surface area contributed by atoms with E-state index in [0.717, 1.165) is 12.8 Å². The third-order valence-corrected chi connectivity index (χ3v) is 3.92. The Bertz CT molecular complexity index is 530. The minimum atomic E-state index is -0.879. The van der Waals surface area contributed by atoms with Crippen molar-refractivity contribution in [3.63, 3.8) is 0 Å². The summed E-state index contributed by atoms with van der Waals surface area (Å²) in [7, 11) is 1.67. The first kappa shape index (κ1) is 15.4. The van der Waals surface area contributed by atoms with Crippen molar-refractivity contribution in [2.45, 2.75) is 26.3 Å². The molecule has 0 saturated carbocycles. The van der Waals surface area contributed by atoms with Gasteiger partial charge in [0.2, 0.25) is 0 Å². The van der Waals surface area contributed by atoms with Crippen molar-refractivity contribution in [1.29, 1.82) is 0 Å². The van der Waals surface area contributed by atoms with Gasteiger partial charge < -0.3 is 14.9 Å². The van der Waals surface area contributed by atoms with Gasteiger partial charge in [0, 0.05) is 26.7 Å². The van der Waals surface area contributed by atoms with Gasteiger partial charge in [-0.05, 0) is 24.0 Å². The van der Waals surface area contributed by atoms with Crippen LogP contribution in [0.3, 0.4) is 0 Å². The van der Waals surface area contributed by atoms with Crippen LogP contribution in [0.5, 0.6) is 0 Å². The van der Waals surface area contributed by atoms with Gasteiger partial charge in [0.15, 0.2) is 0 Å². The molecule has 114 valence electrons. The number of aliphatic carboxylic acids is 1. The number of rotatable bonds is 3. The molecule has 0 bridgehead atoms. The number of hydrogen-bond donors (Lipinski definition) is 1. The Balaban J connectivity index is 2.04. The summed E-state index contributed by atoms with van der Waals surface area (Å²) in [5.74, 6) is -1.44. The molecule has 0 radical (unpaired) electrons. The minimum absolute atomic E-state index is 0.0974. The van der Waals surface area contributed by atoms with E-state index in [9.17, 15) is 9.59 Å². The molecule has 1 heterocycles. The Morgan fingerprint density at radius 1 is 1.33 bits per heavy atom. The molecule has 1 N–H and O–H groups in total. The van der Waals surface area contributed by atoms with Crippen LogP contribution in [-0.4, -0.2) is 47.0 Å². The summed E-state index contributed by atoms with van der Waals surface area (Å²) in [6.07, 6.45) is 1.92. The Morgan fingerprint density at radius 3 is 2.67 bits per heavy atom. The van der Waals surface area contributed by atoms with E-state index in [0.29, 0.717) is 13.1 Å². The van der Waals surface area contributed by atoms with Gasteiger partial charge in [-0.15, -0.1) is 0 Å². The molecular weight excluding hydrogens is 268 g/mol. The standard InChI is InChI=1S/C16H22N2O3/c1-12(15(19)20)10-17(2)16(21)18-9-5-8-13-6-3-4-7-14(13)11-18/h3-4,6-7,12H,5,8-11H2,1-2H3,(H,19,20). The van der Waals surface area contributed by atoms with E-state index in [2.05, 4.69) is 12.1 Å². The Hall–Kier alpha value is -2.04. The van der Waals surface area contributed by atoms with Gasteiger partial charge in [0.1, 0.15) is 0 Å². The van der Waals surface area contributed by atoms with Crippen LogP contribution >= 0.6 is 0 Å². The molecule has 0 spiro atoms. The monoisotopic (exact) mass is 290 g/mol. The third kappa shape index (κ3) is 3.74. The first-order chi connectivity index (χ1) is 9.99. The van der Waals surface area contributed by atoms with Crippen molar-refractivity contribution < 1.29 is 14.7 Å². The van der Waals surface area contributed by atoms with Crippen molar-refractivity contribution in [2.24, 2.45) is 5.92 Å². The van der Waals surface area contributed by atoms with Gasteiger partial charge in [-0.1, -0.05) is 31.2 Å². The molecule has 1 aliphatic rings.